The number of nitrogens with one attached hydrogen (secondary N) is 1. The van der Waals surface area contributed by atoms with E-state index in [0.717, 1.165) is 43.5 Å². The molecule has 1 amide bonds. The van der Waals surface area contributed by atoms with Gasteiger partial charge in [-0.1, -0.05) is 30.5 Å². The molecule has 1 aromatic heterocycles. The molecule has 0 saturated carbocycles. The van der Waals surface area contributed by atoms with Crippen molar-refractivity contribution >= 4 is 5.91 Å². The minimum Gasteiger partial charge on any atom is -0.444 e. The van der Waals surface area contributed by atoms with Crippen molar-refractivity contribution in [2.45, 2.75) is 45.4 Å². The van der Waals surface area contributed by atoms with Gasteiger partial charge in [-0.25, -0.2) is 4.98 Å². The molecule has 0 aliphatic heterocycles. The molecule has 0 saturated heterocycles. The Morgan fingerprint density at radius 3 is 2.67 bits per heavy atom. The molecule has 24 heavy (non-hydrogen) atoms. The number of carbonyl (C=O) groups excluding carboxylic acids is 1. The lowest BCUT2D eigenvalue weighted by Crippen LogP contribution is -2.25. The number of carbonyl (C=O) groups is 1. The second-order valence-corrected chi connectivity index (χ2v) is 6.06. The number of nitrogens with zero attached hydrogens (tertiary/aromatic N) is 1. The Bertz CT molecular complexity index is 620. The van der Waals surface area contributed by atoms with Gasteiger partial charge in [0.15, 0.2) is 0 Å². The lowest BCUT2D eigenvalue weighted by atomic mass is 10.1. The van der Waals surface area contributed by atoms with Crippen molar-refractivity contribution in [1.29, 1.82) is 0 Å². The number of hydrogen-bond acceptors (Lipinski definition) is 4. The summed E-state index contributed by atoms with van der Waals surface area (Å²) < 4.78 is 5.52. The quantitative estimate of drug-likeness (QED) is 0.656. The Morgan fingerprint density at radius 2 is 1.92 bits per heavy atom. The monoisotopic (exact) mass is 329 g/mol. The summed E-state index contributed by atoms with van der Waals surface area (Å²) in [5, 5.41) is 2.93. The van der Waals surface area contributed by atoms with Gasteiger partial charge < -0.3 is 15.5 Å². The van der Waals surface area contributed by atoms with E-state index in [0.29, 0.717) is 25.3 Å². The number of rotatable bonds is 10. The molecule has 0 aliphatic rings. The topological polar surface area (TPSA) is 81.2 Å². The van der Waals surface area contributed by atoms with Crippen molar-refractivity contribution in [2.24, 2.45) is 5.73 Å². The highest BCUT2D eigenvalue weighted by molar-refractivity contribution is 5.75. The first-order chi connectivity index (χ1) is 11.7. The molecule has 1 heterocycles. The number of unbranched alkanes of at least 4 members (excludes halogenated alkanes) is 3. The number of aromatic nitrogens is 1. The highest BCUT2D eigenvalue weighted by Crippen LogP contribution is 2.19. The average molecular weight is 329 g/mol. The summed E-state index contributed by atoms with van der Waals surface area (Å²) in [5.41, 5.74) is 8.47. The van der Waals surface area contributed by atoms with Crippen molar-refractivity contribution in [1.82, 2.24) is 10.3 Å². The molecule has 5 nitrogen and oxygen atoms in total. The molecule has 0 bridgehead atoms. The van der Waals surface area contributed by atoms with Crippen LogP contribution in [-0.4, -0.2) is 24.0 Å². The summed E-state index contributed by atoms with van der Waals surface area (Å²) in [6.45, 7) is 3.36. The van der Waals surface area contributed by atoms with E-state index in [1.54, 1.807) is 6.26 Å². The molecule has 3 N–H and O–H groups in total. The fraction of sp³-hybridized carbons (Fsp3) is 0.474. The summed E-state index contributed by atoms with van der Waals surface area (Å²) >= 11 is 0. The third kappa shape index (κ3) is 6.16. The van der Waals surface area contributed by atoms with Crippen molar-refractivity contribution in [2.75, 3.05) is 13.1 Å². The lowest BCUT2D eigenvalue weighted by Gasteiger charge is -2.03. The average Bonchev–Trinajstić information content (AvgIpc) is 3.04. The summed E-state index contributed by atoms with van der Waals surface area (Å²) in [7, 11) is 0. The molecule has 2 rings (SSSR count). The SMILES string of the molecule is Cc1ccc(-c2nc(CCNC(=O)CCCCCCN)co2)cc1. The summed E-state index contributed by atoms with van der Waals surface area (Å²) in [6.07, 6.45) is 7.04. The molecule has 0 atom stereocenters. The molecule has 2 aromatic rings. The molecule has 0 radical (unpaired) electrons. The Kier molecular flexibility index (Phi) is 7.49. The van der Waals surface area contributed by atoms with E-state index < -0.39 is 0 Å². The molecule has 0 fully saturated rings. The Morgan fingerprint density at radius 1 is 1.17 bits per heavy atom. The van der Waals surface area contributed by atoms with Gasteiger partial charge in [0, 0.05) is 24.9 Å². The van der Waals surface area contributed by atoms with Crippen molar-refractivity contribution in [3.63, 3.8) is 0 Å². The molecule has 130 valence electrons. The first-order valence-corrected chi connectivity index (χ1v) is 8.67. The molecule has 0 aliphatic carbocycles. The van der Waals surface area contributed by atoms with E-state index in [1.807, 2.05) is 31.2 Å². The maximum absolute atomic E-state index is 11.7. The standard InChI is InChI=1S/C19H27N3O2/c1-15-7-9-16(10-8-15)19-22-17(14-24-19)11-13-21-18(23)6-4-2-3-5-12-20/h7-10,14H,2-6,11-13,20H2,1H3,(H,21,23). The van der Waals surface area contributed by atoms with Gasteiger partial charge in [0.05, 0.1) is 5.69 Å². The minimum absolute atomic E-state index is 0.102. The number of nitrogens with two attached hydrogens (primary N) is 1. The van der Waals surface area contributed by atoms with E-state index in [-0.39, 0.29) is 5.91 Å². The van der Waals surface area contributed by atoms with Crippen LogP contribution in [0.5, 0.6) is 0 Å². The van der Waals surface area contributed by atoms with Crippen LogP contribution in [0, 0.1) is 6.92 Å². The minimum atomic E-state index is 0.102. The van der Waals surface area contributed by atoms with E-state index in [9.17, 15) is 4.79 Å². The zero-order chi connectivity index (χ0) is 17.2. The smallest absolute Gasteiger partial charge is 0.226 e. The van der Waals surface area contributed by atoms with Gasteiger partial charge in [0.1, 0.15) is 6.26 Å². The van der Waals surface area contributed by atoms with Crippen LogP contribution < -0.4 is 11.1 Å². The third-order valence-electron chi connectivity index (χ3n) is 3.91. The number of aryl methyl sites for hydroxylation is 1. The molecule has 0 spiro atoms. The van der Waals surface area contributed by atoms with Gasteiger partial charge in [-0.15, -0.1) is 0 Å². The lowest BCUT2D eigenvalue weighted by molar-refractivity contribution is -0.121. The van der Waals surface area contributed by atoms with Crippen LogP contribution in [0.25, 0.3) is 11.5 Å². The van der Waals surface area contributed by atoms with Gasteiger partial charge in [-0.2, -0.15) is 0 Å². The maximum Gasteiger partial charge on any atom is 0.226 e. The molecule has 1 aromatic carbocycles. The van der Waals surface area contributed by atoms with Crippen LogP contribution in [0.15, 0.2) is 34.9 Å². The molecule has 0 unspecified atom stereocenters. The van der Waals surface area contributed by atoms with Gasteiger partial charge >= 0.3 is 0 Å². The first-order valence-electron chi connectivity index (χ1n) is 8.67. The highest BCUT2D eigenvalue weighted by Gasteiger charge is 2.07. The van der Waals surface area contributed by atoms with Gasteiger partial charge in [0.2, 0.25) is 11.8 Å². The predicted molar refractivity (Wildman–Crippen MR) is 95.5 cm³/mol. The van der Waals surface area contributed by atoms with E-state index in [4.69, 9.17) is 10.2 Å². The number of hydrogen-bond donors (Lipinski definition) is 2. The van der Waals surface area contributed by atoms with Crippen molar-refractivity contribution in [3.8, 4) is 11.5 Å². The van der Waals surface area contributed by atoms with E-state index in [2.05, 4.69) is 10.3 Å². The van der Waals surface area contributed by atoms with Crippen LogP contribution >= 0.6 is 0 Å². The maximum atomic E-state index is 11.7. The zero-order valence-corrected chi connectivity index (χ0v) is 14.4. The second kappa shape index (κ2) is 9.88. The Labute approximate surface area is 143 Å². The Balaban J connectivity index is 1.68. The van der Waals surface area contributed by atoms with Gasteiger partial charge in [-0.3, -0.25) is 4.79 Å². The fourth-order valence-corrected chi connectivity index (χ4v) is 2.45. The summed E-state index contributed by atoms with van der Waals surface area (Å²) in [6, 6.07) is 8.06. The molecular formula is C19H27N3O2. The summed E-state index contributed by atoms with van der Waals surface area (Å²) in [4.78, 5) is 16.2. The summed E-state index contributed by atoms with van der Waals surface area (Å²) in [5.74, 6) is 0.723. The van der Waals surface area contributed by atoms with Gasteiger partial charge in [-0.05, 0) is 38.4 Å². The third-order valence-corrected chi connectivity index (χ3v) is 3.91. The second-order valence-electron chi connectivity index (χ2n) is 6.06. The van der Waals surface area contributed by atoms with Crippen LogP contribution in [-0.2, 0) is 11.2 Å². The fourth-order valence-electron chi connectivity index (χ4n) is 2.45. The van der Waals surface area contributed by atoms with E-state index >= 15 is 0 Å². The van der Waals surface area contributed by atoms with Crippen molar-refractivity contribution < 1.29 is 9.21 Å². The van der Waals surface area contributed by atoms with Crippen LogP contribution in [0.2, 0.25) is 0 Å². The number of oxazole rings is 1. The molecule has 5 heteroatoms. The number of amides is 1. The number of benzene rings is 1. The Hall–Kier alpha value is -2.14. The van der Waals surface area contributed by atoms with Crippen LogP contribution in [0.3, 0.4) is 0 Å². The first kappa shape index (κ1) is 18.2. The largest absolute Gasteiger partial charge is 0.444 e. The normalized spacial score (nSPS) is 10.8. The van der Waals surface area contributed by atoms with Gasteiger partial charge in [0.25, 0.3) is 0 Å². The predicted octanol–water partition coefficient (Wildman–Crippen LogP) is 3.22. The highest BCUT2D eigenvalue weighted by atomic mass is 16.3. The zero-order valence-electron chi connectivity index (χ0n) is 14.4. The van der Waals surface area contributed by atoms with Crippen LogP contribution in [0.1, 0.15) is 43.4 Å². The molecular weight excluding hydrogens is 302 g/mol. The van der Waals surface area contributed by atoms with Crippen LogP contribution in [0.4, 0.5) is 0 Å². The van der Waals surface area contributed by atoms with E-state index in [1.165, 1.54) is 5.56 Å². The van der Waals surface area contributed by atoms with Crippen molar-refractivity contribution in [3.05, 3.63) is 41.8 Å².